The van der Waals surface area contributed by atoms with Gasteiger partial charge in [0.1, 0.15) is 0 Å². The number of nitrogens with zero attached hydrogens (tertiary/aromatic N) is 1. The highest BCUT2D eigenvalue weighted by Gasteiger charge is 2.11. The fourth-order valence-corrected chi connectivity index (χ4v) is 3.21. The first kappa shape index (κ1) is 18.5. The van der Waals surface area contributed by atoms with E-state index in [9.17, 15) is 0 Å². The van der Waals surface area contributed by atoms with Gasteiger partial charge in [-0.2, -0.15) is 11.3 Å². The highest BCUT2D eigenvalue weighted by atomic mass is 32.1. The van der Waals surface area contributed by atoms with Crippen LogP contribution in [0.25, 0.3) is 0 Å². The number of guanidine groups is 1. The van der Waals surface area contributed by atoms with Crippen LogP contribution in [-0.4, -0.2) is 32.7 Å². The third kappa shape index (κ3) is 5.65. The standard InChI is InChI=1S/C19H27N3OS/c1-4-20-19(21-12-15(2)17-10-11-24-14-17)22-13-18(23-3)16-8-6-5-7-9-16/h5-11,14-15,18H,4,12-13H2,1-3H3,(H2,20,21,22). The van der Waals surface area contributed by atoms with Gasteiger partial charge in [-0.25, -0.2) is 0 Å². The molecule has 2 atom stereocenters. The largest absolute Gasteiger partial charge is 0.375 e. The first-order valence-electron chi connectivity index (χ1n) is 8.36. The molecule has 2 rings (SSSR count). The van der Waals surface area contributed by atoms with Crippen LogP contribution in [0.15, 0.2) is 52.2 Å². The van der Waals surface area contributed by atoms with Crippen molar-refractivity contribution in [1.29, 1.82) is 0 Å². The Kier molecular flexibility index (Phi) is 7.79. The highest BCUT2D eigenvalue weighted by molar-refractivity contribution is 7.07. The number of rotatable bonds is 8. The van der Waals surface area contributed by atoms with Gasteiger partial charge in [-0.15, -0.1) is 0 Å². The second kappa shape index (κ2) is 10.1. The molecule has 130 valence electrons. The maximum atomic E-state index is 5.61. The number of thiophene rings is 1. The van der Waals surface area contributed by atoms with E-state index in [0.29, 0.717) is 12.5 Å². The van der Waals surface area contributed by atoms with Crippen molar-refractivity contribution in [1.82, 2.24) is 10.6 Å². The number of nitrogens with one attached hydrogen (secondary N) is 2. The average Bonchev–Trinajstić information content (AvgIpc) is 3.15. The zero-order chi connectivity index (χ0) is 17.2. The molecular formula is C19H27N3OS. The lowest BCUT2D eigenvalue weighted by atomic mass is 10.1. The van der Waals surface area contributed by atoms with E-state index in [-0.39, 0.29) is 6.10 Å². The van der Waals surface area contributed by atoms with Crippen molar-refractivity contribution in [3.8, 4) is 0 Å². The van der Waals surface area contributed by atoms with Crippen LogP contribution in [0.1, 0.15) is 37.0 Å². The number of ether oxygens (including phenoxy) is 1. The number of aliphatic imine (C=N–C) groups is 1. The zero-order valence-corrected chi connectivity index (χ0v) is 15.5. The Balaban J connectivity index is 1.93. The summed E-state index contributed by atoms with van der Waals surface area (Å²) in [6.07, 6.45) is 0.00403. The summed E-state index contributed by atoms with van der Waals surface area (Å²) in [6.45, 7) is 6.55. The van der Waals surface area contributed by atoms with E-state index in [0.717, 1.165) is 24.6 Å². The smallest absolute Gasteiger partial charge is 0.191 e. The molecule has 0 aliphatic carbocycles. The van der Waals surface area contributed by atoms with Gasteiger partial charge >= 0.3 is 0 Å². The lowest BCUT2D eigenvalue weighted by Gasteiger charge is -2.19. The molecule has 1 aromatic heterocycles. The molecule has 2 unspecified atom stereocenters. The van der Waals surface area contributed by atoms with Gasteiger partial charge < -0.3 is 15.4 Å². The molecule has 0 bridgehead atoms. The summed E-state index contributed by atoms with van der Waals surface area (Å²) in [4.78, 5) is 4.71. The molecule has 0 aliphatic rings. The lowest BCUT2D eigenvalue weighted by molar-refractivity contribution is 0.106. The van der Waals surface area contributed by atoms with Crippen LogP contribution in [0, 0.1) is 0 Å². The Labute approximate surface area is 149 Å². The van der Waals surface area contributed by atoms with E-state index in [1.807, 2.05) is 18.2 Å². The van der Waals surface area contributed by atoms with E-state index in [1.165, 1.54) is 5.56 Å². The highest BCUT2D eigenvalue weighted by Crippen LogP contribution is 2.18. The topological polar surface area (TPSA) is 45.7 Å². The fourth-order valence-electron chi connectivity index (χ4n) is 2.43. The van der Waals surface area contributed by atoms with Crippen molar-refractivity contribution in [2.75, 3.05) is 26.7 Å². The Morgan fingerprint density at radius 1 is 1.17 bits per heavy atom. The molecule has 24 heavy (non-hydrogen) atoms. The molecule has 0 saturated heterocycles. The number of methoxy groups -OCH3 is 1. The predicted molar refractivity (Wildman–Crippen MR) is 103 cm³/mol. The van der Waals surface area contributed by atoms with Crippen molar-refractivity contribution in [2.45, 2.75) is 25.9 Å². The van der Waals surface area contributed by atoms with Gasteiger partial charge in [-0.3, -0.25) is 4.99 Å². The summed E-state index contributed by atoms with van der Waals surface area (Å²) in [5.41, 5.74) is 2.51. The molecule has 0 saturated carbocycles. The van der Waals surface area contributed by atoms with Crippen LogP contribution in [0.3, 0.4) is 0 Å². The molecule has 0 amide bonds. The summed E-state index contributed by atoms with van der Waals surface area (Å²) in [7, 11) is 1.74. The summed E-state index contributed by atoms with van der Waals surface area (Å²) in [5.74, 6) is 1.25. The molecule has 0 spiro atoms. The number of benzene rings is 1. The second-order valence-electron chi connectivity index (χ2n) is 5.69. The van der Waals surface area contributed by atoms with Gasteiger partial charge in [0.05, 0.1) is 6.10 Å². The molecule has 1 aromatic carbocycles. The maximum Gasteiger partial charge on any atom is 0.191 e. The monoisotopic (exact) mass is 345 g/mol. The predicted octanol–water partition coefficient (Wildman–Crippen LogP) is 3.79. The normalized spacial score (nSPS) is 14.2. The minimum atomic E-state index is 0.00403. The van der Waals surface area contributed by atoms with Gasteiger partial charge in [0.25, 0.3) is 0 Å². The summed E-state index contributed by atoms with van der Waals surface area (Å²) < 4.78 is 5.61. The van der Waals surface area contributed by atoms with Crippen molar-refractivity contribution in [3.05, 3.63) is 58.3 Å². The van der Waals surface area contributed by atoms with Crippen molar-refractivity contribution < 1.29 is 4.74 Å². The third-order valence-electron chi connectivity index (χ3n) is 3.89. The van der Waals surface area contributed by atoms with Gasteiger partial charge in [-0.1, -0.05) is 37.3 Å². The van der Waals surface area contributed by atoms with E-state index in [4.69, 9.17) is 9.73 Å². The number of hydrogen-bond donors (Lipinski definition) is 2. The first-order valence-corrected chi connectivity index (χ1v) is 9.30. The van der Waals surface area contributed by atoms with Crippen LogP contribution >= 0.6 is 11.3 Å². The minimum Gasteiger partial charge on any atom is -0.375 e. The van der Waals surface area contributed by atoms with Crippen LogP contribution in [-0.2, 0) is 4.74 Å². The maximum absolute atomic E-state index is 5.61. The van der Waals surface area contributed by atoms with Crippen molar-refractivity contribution in [2.24, 2.45) is 4.99 Å². The van der Waals surface area contributed by atoms with Gasteiger partial charge in [-0.05, 0) is 34.9 Å². The first-order chi connectivity index (χ1) is 11.7. The van der Waals surface area contributed by atoms with Crippen LogP contribution in [0.2, 0.25) is 0 Å². The van der Waals surface area contributed by atoms with Crippen molar-refractivity contribution in [3.63, 3.8) is 0 Å². The molecule has 0 aliphatic heterocycles. The van der Waals surface area contributed by atoms with Crippen LogP contribution in [0.4, 0.5) is 0 Å². The Morgan fingerprint density at radius 2 is 1.96 bits per heavy atom. The van der Waals surface area contributed by atoms with Gasteiger partial charge in [0, 0.05) is 32.7 Å². The lowest BCUT2D eigenvalue weighted by Crippen LogP contribution is -2.40. The molecule has 5 heteroatoms. The summed E-state index contributed by atoms with van der Waals surface area (Å²) >= 11 is 1.73. The SMILES string of the molecule is CCNC(=NCC(C)c1ccsc1)NCC(OC)c1ccccc1. The Hall–Kier alpha value is -1.85. The Bertz CT molecular complexity index is 598. The van der Waals surface area contributed by atoms with Crippen molar-refractivity contribution >= 4 is 17.3 Å². The minimum absolute atomic E-state index is 0.00403. The zero-order valence-electron chi connectivity index (χ0n) is 14.7. The van der Waals surface area contributed by atoms with Crippen LogP contribution in [0.5, 0.6) is 0 Å². The quantitative estimate of drug-likeness (QED) is 0.565. The number of hydrogen-bond acceptors (Lipinski definition) is 3. The molecule has 0 fully saturated rings. The summed E-state index contributed by atoms with van der Waals surface area (Å²) in [5, 5.41) is 11.0. The van der Waals surface area contributed by atoms with Gasteiger partial charge in [0.15, 0.2) is 5.96 Å². The average molecular weight is 346 g/mol. The Morgan fingerprint density at radius 3 is 2.58 bits per heavy atom. The molecule has 2 N–H and O–H groups in total. The molecule has 0 radical (unpaired) electrons. The van der Waals surface area contributed by atoms with Crippen LogP contribution < -0.4 is 10.6 Å². The second-order valence-corrected chi connectivity index (χ2v) is 6.47. The van der Waals surface area contributed by atoms with E-state index >= 15 is 0 Å². The molecule has 1 heterocycles. The van der Waals surface area contributed by atoms with E-state index < -0.39 is 0 Å². The van der Waals surface area contributed by atoms with Gasteiger partial charge in [0.2, 0.25) is 0 Å². The summed E-state index contributed by atoms with van der Waals surface area (Å²) in [6, 6.07) is 12.4. The third-order valence-corrected chi connectivity index (χ3v) is 4.59. The van der Waals surface area contributed by atoms with E-state index in [2.05, 4.69) is 53.4 Å². The molecular weight excluding hydrogens is 318 g/mol. The fraction of sp³-hybridized carbons (Fsp3) is 0.421. The van der Waals surface area contributed by atoms with E-state index in [1.54, 1.807) is 18.4 Å². The molecule has 2 aromatic rings. The molecule has 4 nitrogen and oxygen atoms in total.